The van der Waals surface area contributed by atoms with Gasteiger partial charge in [-0.3, -0.25) is 14.5 Å². The molecule has 3 aliphatic rings. The third-order valence-corrected chi connectivity index (χ3v) is 7.05. The number of rotatable bonds is 5. The number of nitrogens with zero attached hydrogens (tertiary/aromatic N) is 3. The summed E-state index contributed by atoms with van der Waals surface area (Å²) < 4.78 is 0. The van der Waals surface area contributed by atoms with Crippen LogP contribution >= 0.6 is 0 Å². The van der Waals surface area contributed by atoms with Gasteiger partial charge in [-0.05, 0) is 49.8 Å². The van der Waals surface area contributed by atoms with Crippen molar-refractivity contribution >= 4 is 5.91 Å². The van der Waals surface area contributed by atoms with Gasteiger partial charge in [-0.1, -0.05) is 31.2 Å². The number of aryl methyl sites for hydroxylation is 1. The normalized spacial score (nSPS) is 21.7. The maximum atomic E-state index is 12.9. The van der Waals surface area contributed by atoms with Crippen LogP contribution in [0, 0.1) is 5.92 Å². The second-order valence-corrected chi connectivity index (χ2v) is 9.40. The van der Waals surface area contributed by atoms with E-state index in [1.165, 1.54) is 11.1 Å². The number of likely N-dealkylation sites (tertiary alicyclic amines) is 1. The third-order valence-electron chi connectivity index (χ3n) is 7.05. The first-order chi connectivity index (χ1) is 15.1. The van der Waals surface area contributed by atoms with Gasteiger partial charge in [0.1, 0.15) is 5.82 Å². The lowest BCUT2D eigenvalue weighted by Gasteiger charge is -2.33. The van der Waals surface area contributed by atoms with E-state index in [4.69, 9.17) is 4.98 Å². The summed E-state index contributed by atoms with van der Waals surface area (Å²) in [6.45, 7) is 6.22. The van der Waals surface area contributed by atoms with Crippen LogP contribution in [-0.2, 0) is 30.7 Å². The van der Waals surface area contributed by atoms with Gasteiger partial charge in [0.15, 0.2) is 0 Å². The second kappa shape index (κ2) is 8.58. The van der Waals surface area contributed by atoms with Crippen LogP contribution in [0.4, 0.5) is 0 Å². The molecule has 2 fully saturated rings. The number of aromatic nitrogens is 2. The lowest BCUT2D eigenvalue weighted by Crippen LogP contribution is -2.41. The molecule has 6 nitrogen and oxygen atoms in total. The van der Waals surface area contributed by atoms with E-state index in [2.05, 4.69) is 41.1 Å². The summed E-state index contributed by atoms with van der Waals surface area (Å²) in [7, 11) is 0. The molecule has 1 aliphatic carbocycles. The van der Waals surface area contributed by atoms with Gasteiger partial charge in [0.25, 0.3) is 5.56 Å². The fraction of sp³-hybridized carbons (Fsp3) is 0.560. The summed E-state index contributed by atoms with van der Waals surface area (Å²) in [5.41, 5.74) is 4.23. The Morgan fingerprint density at radius 3 is 2.65 bits per heavy atom. The number of hydrogen-bond acceptors (Lipinski definition) is 4. The molecule has 1 saturated heterocycles. The number of nitrogens with one attached hydrogen (secondary N) is 1. The monoisotopic (exact) mass is 420 g/mol. The van der Waals surface area contributed by atoms with Crippen molar-refractivity contribution in [2.45, 2.75) is 64.5 Å². The lowest BCUT2D eigenvalue weighted by molar-refractivity contribution is -0.133. The van der Waals surface area contributed by atoms with Crippen LogP contribution < -0.4 is 5.56 Å². The summed E-state index contributed by atoms with van der Waals surface area (Å²) in [6, 6.07) is 8.90. The lowest BCUT2D eigenvalue weighted by atomic mass is 9.95. The molecule has 0 bridgehead atoms. The van der Waals surface area contributed by atoms with Crippen molar-refractivity contribution in [3.63, 3.8) is 0 Å². The number of hydrogen-bond donors (Lipinski definition) is 1. The van der Waals surface area contributed by atoms with Crippen LogP contribution in [0.5, 0.6) is 0 Å². The molecule has 2 aliphatic heterocycles. The average molecular weight is 421 g/mol. The summed E-state index contributed by atoms with van der Waals surface area (Å²) in [5, 5.41) is 0. The zero-order valence-corrected chi connectivity index (χ0v) is 18.4. The summed E-state index contributed by atoms with van der Waals surface area (Å²) in [5.74, 6) is 1.49. The first-order valence-corrected chi connectivity index (χ1v) is 11.8. The minimum absolute atomic E-state index is 0.0550. The molecule has 164 valence electrons. The highest BCUT2D eigenvalue weighted by atomic mass is 16.2. The number of benzene rings is 1. The van der Waals surface area contributed by atoms with Crippen LogP contribution in [0.1, 0.15) is 66.7 Å². The molecule has 0 spiro atoms. The molecule has 5 rings (SSSR count). The number of H-pyrrole nitrogens is 1. The highest BCUT2D eigenvalue weighted by Crippen LogP contribution is 2.32. The minimum Gasteiger partial charge on any atom is -0.337 e. The van der Waals surface area contributed by atoms with Gasteiger partial charge in [0.05, 0.1) is 17.8 Å². The van der Waals surface area contributed by atoms with Crippen molar-refractivity contribution in [2.75, 3.05) is 19.6 Å². The molecular formula is C25H32N4O2. The predicted molar refractivity (Wildman–Crippen MR) is 120 cm³/mol. The summed E-state index contributed by atoms with van der Waals surface area (Å²) in [6.07, 6.45) is 5.91. The van der Waals surface area contributed by atoms with Crippen LogP contribution in [-0.4, -0.2) is 45.3 Å². The fourth-order valence-corrected chi connectivity index (χ4v) is 4.98. The SMILES string of the molecule is CCc1ccc(CN2CCC[C@@H](c3nc4c(c(=O)[nH]3)CN(C(=O)C3CC3)CC4)C2)cc1. The highest BCUT2D eigenvalue weighted by molar-refractivity contribution is 5.81. The molecule has 6 heteroatoms. The Morgan fingerprint density at radius 1 is 1.13 bits per heavy atom. The van der Waals surface area contributed by atoms with Gasteiger partial charge in [-0.25, -0.2) is 4.98 Å². The molecule has 1 atom stereocenters. The maximum absolute atomic E-state index is 12.9. The fourth-order valence-electron chi connectivity index (χ4n) is 4.98. The van der Waals surface area contributed by atoms with Crippen LogP contribution in [0.2, 0.25) is 0 Å². The molecule has 0 unspecified atom stereocenters. The molecule has 0 radical (unpaired) electrons. The minimum atomic E-state index is -0.0550. The van der Waals surface area contributed by atoms with Crippen LogP contribution in [0.25, 0.3) is 0 Å². The number of carbonyl (C=O) groups is 1. The smallest absolute Gasteiger partial charge is 0.256 e. The Kier molecular flexibility index (Phi) is 5.65. The van der Waals surface area contributed by atoms with E-state index in [9.17, 15) is 9.59 Å². The highest BCUT2D eigenvalue weighted by Gasteiger charge is 2.35. The molecule has 2 aromatic rings. The Bertz CT molecular complexity index is 1010. The van der Waals surface area contributed by atoms with Crippen LogP contribution in [0.15, 0.2) is 29.1 Å². The molecule has 1 aromatic heterocycles. The second-order valence-electron chi connectivity index (χ2n) is 9.40. The van der Waals surface area contributed by atoms with Gasteiger partial charge in [-0.15, -0.1) is 0 Å². The first kappa shape index (κ1) is 20.4. The van der Waals surface area contributed by atoms with E-state index in [0.717, 1.165) is 63.3 Å². The van der Waals surface area contributed by atoms with Crippen molar-refractivity contribution in [3.05, 3.63) is 62.8 Å². The van der Waals surface area contributed by atoms with E-state index >= 15 is 0 Å². The topological polar surface area (TPSA) is 69.3 Å². The van der Waals surface area contributed by atoms with Gasteiger partial charge in [0.2, 0.25) is 5.91 Å². The molecule has 1 N–H and O–H groups in total. The molecular weight excluding hydrogens is 388 g/mol. The standard InChI is InChI=1S/C25H32N4O2/c1-2-17-5-7-18(8-6-17)14-28-12-3-4-20(15-28)23-26-22-11-13-29(25(31)19-9-10-19)16-21(22)24(30)27-23/h5-8,19-20H,2-4,9-16H2,1H3,(H,26,27,30)/t20-/m1/s1. The number of amides is 1. The quantitative estimate of drug-likeness (QED) is 0.807. The van der Waals surface area contributed by atoms with Crippen molar-refractivity contribution in [3.8, 4) is 0 Å². The molecule has 3 heterocycles. The number of carbonyl (C=O) groups excluding carboxylic acids is 1. The van der Waals surface area contributed by atoms with Crippen molar-refractivity contribution in [2.24, 2.45) is 5.92 Å². The number of aromatic amines is 1. The zero-order chi connectivity index (χ0) is 21.4. The van der Waals surface area contributed by atoms with E-state index in [1.807, 2.05) is 4.90 Å². The molecule has 1 aromatic carbocycles. The van der Waals surface area contributed by atoms with Crippen molar-refractivity contribution < 1.29 is 4.79 Å². The van der Waals surface area contributed by atoms with Crippen molar-refractivity contribution in [1.29, 1.82) is 0 Å². The van der Waals surface area contributed by atoms with Gasteiger partial charge >= 0.3 is 0 Å². The first-order valence-electron chi connectivity index (χ1n) is 11.8. The number of piperidine rings is 1. The largest absolute Gasteiger partial charge is 0.337 e. The van der Waals surface area contributed by atoms with E-state index < -0.39 is 0 Å². The Hall–Kier alpha value is -2.47. The zero-order valence-electron chi connectivity index (χ0n) is 18.4. The van der Waals surface area contributed by atoms with Gasteiger partial charge in [-0.2, -0.15) is 0 Å². The van der Waals surface area contributed by atoms with E-state index in [-0.39, 0.29) is 23.3 Å². The Labute approximate surface area is 183 Å². The van der Waals surface area contributed by atoms with Gasteiger partial charge in [0, 0.05) is 37.9 Å². The van der Waals surface area contributed by atoms with Crippen LogP contribution in [0.3, 0.4) is 0 Å². The summed E-state index contributed by atoms with van der Waals surface area (Å²) >= 11 is 0. The molecule has 31 heavy (non-hydrogen) atoms. The third kappa shape index (κ3) is 4.45. The van der Waals surface area contributed by atoms with E-state index in [1.54, 1.807) is 0 Å². The van der Waals surface area contributed by atoms with Gasteiger partial charge < -0.3 is 9.88 Å². The average Bonchev–Trinajstić information content (AvgIpc) is 3.65. The van der Waals surface area contributed by atoms with Crippen molar-refractivity contribution in [1.82, 2.24) is 19.8 Å². The summed E-state index contributed by atoms with van der Waals surface area (Å²) in [4.78, 5) is 37.6. The maximum Gasteiger partial charge on any atom is 0.256 e. The number of fused-ring (bicyclic) bond motifs is 1. The Balaban J connectivity index is 1.28. The molecule has 1 saturated carbocycles. The predicted octanol–water partition coefficient (Wildman–Crippen LogP) is 3.01. The Morgan fingerprint density at radius 2 is 1.90 bits per heavy atom. The van der Waals surface area contributed by atoms with E-state index in [0.29, 0.717) is 25.1 Å². The molecule has 1 amide bonds.